The largest absolute Gasteiger partial charge is 0.496 e. The fourth-order valence-corrected chi connectivity index (χ4v) is 3.72. The van der Waals surface area contributed by atoms with Crippen LogP contribution in [0.3, 0.4) is 0 Å². The Morgan fingerprint density at radius 1 is 1.33 bits per heavy atom. The Kier molecular flexibility index (Phi) is 4.23. The van der Waals surface area contributed by atoms with Crippen molar-refractivity contribution in [1.29, 1.82) is 0 Å². The molecule has 1 aliphatic heterocycles. The van der Waals surface area contributed by atoms with Gasteiger partial charge in [0.05, 0.1) is 7.11 Å². The van der Waals surface area contributed by atoms with E-state index in [1.165, 1.54) is 24.8 Å². The van der Waals surface area contributed by atoms with Crippen molar-refractivity contribution in [3.05, 3.63) is 29.8 Å². The number of methoxy groups -OCH3 is 1. The SMILES string of the molecule is CCC1CNC(C)(C2CC2)CN1Cc1ccccc1OC. The van der Waals surface area contributed by atoms with Gasteiger partial charge in [0.1, 0.15) is 5.75 Å². The van der Waals surface area contributed by atoms with Crippen molar-refractivity contribution in [2.75, 3.05) is 20.2 Å². The molecule has 2 aliphatic rings. The van der Waals surface area contributed by atoms with Crippen molar-refractivity contribution in [3.63, 3.8) is 0 Å². The van der Waals surface area contributed by atoms with Crippen LogP contribution < -0.4 is 10.1 Å². The van der Waals surface area contributed by atoms with Gasteiger partial charge in [-0.25, -0.2) is 0 Å². The third-order valence-corrected chi connectivity index (χ3v) is 5.31. The molecule has 2 atom stereocenters. The summed E-state index contributed by atoms with van der Waals surface area (Å²) in [6.07, 6.45) is 3.98. The normalized spacial score (nSPS) is 30.3. The maximum Gasteiger partial charge on any atom is 0.123 e. The number of ether oxygens (including phenoxy) is 1. The van der Waals surface area contributed by atoms with Crippen LogP contribution in [-0.4, -0.2) is 36.7 Å². The highest BCUT2D eigenvalue weighted by Crippen LogP contribution is 2.41. The molecule has 1 aromatic rings. The molecule has 1 aromatic carbocycles. The lowest BCUT2D eigenvalue weighted by atomic mass is 9.90. The fraction of sp³-hybridized carbons (Fsp3) is 0.667. The summed E-state index contributed by atoms with van der Waals surface area (Å²) < 4.78 is 5.53. The van der Waals surface area contributed by atoms with E-state index in [-0.39, 0.29) is 0 Å². The van der Waals surface area contributed by atoms with Crippen LogP contribution in [0.1, 0.15) is 38.7 Å². The van der Waals surface area contributed by atoms with Crippen LogP contribution >= 0.6 is 0 Å². The maximum absolute atomic E-state index is 5.53. The van der Waals surface area contributed by atoms with Crippen LogP contribution in [0.4, 0.5) is 0 Å². The minimum Gasteiger partial charge on any atom is -0.496 e. The Balaban J connectivity index is 1.76. The second-order valence-corrected chi connectivity index (χ2v) is 6.85. The molecule has 2 unspecified atom stereocenters. The highest BCUT2D eigenvalue weighted by Gasteiger charge is 2.45. The van der Waals surface area contributed by atoms with Crippen molar-refractivity contribution in [1.82, 2.24) is 10.2 Å². The van der Waals surface area contributed by atoms with Gasteiger partial charge in [-0.15, -0.1) is 0 Å². The highest BCUT2D eigenvalue weighted by molar-refractivity contribution is 5.33. The van der Waals surface area contributed by atoms with E-state index < -0.39 is 0 Å². The second-order valence-electron chi connectivity index (χ2n) is 6.85. The van der Waals surface area contributed by atoms with Gasteiger partial charge in [-0.05, 0) is 38.2 Å². The summed E-state index contributed by atoms with van der Waals surface area (Å²) in [5.41, 5.74) is 1.60. The Labute approximate surface area is 128 Å². The summed E-state index contributed by atoms with van der Waals surface area (Å²) in [4.78, 5) is 2.66. The van der Waals surface area contributed by atoms with Crippen LogP contribution in [0.25, 0.3) is 0 Å². The van der Waals surface area contributed by atoms with Crippen LogP contribution in [0.15, 0.2) is 24.3 Å². The third-order valence-electron chi connectivity index (χ3n) is 5.31. The van der Waals surface area contributed by atoms with E-state index in [0.29, 0.717) is 11.6 Å². The van der Waals surface area contributed by atoms with E-state index in [9.17, 15) is 0 Å². The molecule has 0 radical (unpaired) electrons. The van der Waals surface area contributed by atoms with Crippen molar-refractivity contribution in [3.8, 4) is 5.75 Å². The molecule has 1 saturated heterocycles. The van der Waals surface area contributed by atoms with Gasteiger partial charge in [0, 0.05) is 36.8 Å². The molecule has 21 heavy (non-hydrogen) atoms. The number of hydrogen-bond donors (Lipinski definition) is 1. The molecule has 0 aromatic heterocycles. The summed E-state index contributed by atoms with van der Waals surface area (Å²) in [7, 11) is 1.77. The molecule has 1 aliphatic carbocycles. The van der Waals surface area contributed by atoms with Crippen LogP contribution in [0, 0.1) is 5.92 Å². The first-order valence-electron chi connectivity index (χ1n) is 8.27. The highest BCUT2D eigenvalue weighted by atomic mass is 16.5. The minimum atomic E-state index is 0.299. The summed E-state index contributed by atoms with van der Waals surface area (Å²) in [5, 5.41) is 3.83. The average molecular weight is 288 g/mol. The number of hydrogen-bond acceptors (Lipinski definition) is 3. The van der Waals surface area contributed by atoms with E-state index in [1.54, 1.807) is 7.11 Å². The predicted octanol–water partition coefficient (Wildman–Crippen LogP) is 3.05. The molecule has 1 N–H and O–H groups in total. The minimum absolute atomic E-state index is 0.299. The van der Waals surface area contributed by atoms with E-state index in [2.05, 4.69) is 42.3 Å². The fourth-order valence-electron chi connectivity index (χ4n) is 3.72. The maximum atomic E-state index is 5.53. The topological polar surface area (TPSA) is 24.5 Å². The molecule has 3 rings (SSSR count). The van der Waals surface area contributed by atoms with Crippen LogP contribution in [-0.2, 0) is 6.54 Å². The van der Waals surface area contributed by atoms with Crippen molar-refractivity contribution < 1.29 is 4.74 Å². The van der Waals surface area contributed by atoms with Gasteiger partial charge in [0.15, 0.2) is 0 Å². The van der Waals surface area contributed by atoms with Crippen molar-refractivity contribution in [2.45, 2.75) is 51.2 Å². The lowest BCUT2D eigenvalue weighted by molar-refractivity contribution is 0.0659. The van der Waals surface area contributed by atoms with Gasteiger partial charge in [0.2, 0.25) is 0 Å². The van der Waals surface area contributed by atoms with Crippen molar-refractivity contribution >= 4 is 0 Å². The number of para-hydroxylation sites is 1. The molecule has 0 amide bonds. The number of rotatable bonds is 5. The summed E-state index contributed by atoms with van der Waals surface area (Å²) >= 11 is 0. The summed E-state index contributed by atoms with van der Waals surface area (Å²) in [6.45, 7) is 7.95. The molecule has 0 bridgehead atoms. The van der Waals surface area contributed by atoms with E-state index in [0.717, 1.165) is 31.3 Å². The molecule has 116 valence electrons. The zero-order valence-electron chi connectivity index (χ0n) is 13.6. The number of benzene rings is 1. The van der Waals surface area contributed by atoms with E-state index >= 15 is 0 Å². The molecule has 3 nitrogen and oxygen atoms in total. The molecular formula is C18H28N2O. The van der Waals surface area contributed by atoms with Gasteiger partial charge in [-0.1, -0.05) is 25.1 Å². The first-order valence-corrected chi connectivity index (χ1v) is 8.27. The molecular weight excluding hydrogens is 260 g/mol. The Morgan fingerprint density at radius 3 is 2.76 bits per heavy atom. The molecule has 0 spiro atoms. The zero-order valence-corrected chi connectivity index (χ0v) is 13.6. The Morgan fingerprint density at radius 2 is 2.10 bits per heavy atom. The third kappa shape index (κ3) is 3.09. The van der Waals surface area contributed by atoms with Crippen molar-refractivity contribution in [2.24, 2.45) is 5.92 Å². The smallest absolute Gasteiger partial charge is 0.123 e. The number of nitrogens with zero attached hydrogens (tertiary/aromatic N) is 1. The standard InChI is InChI=1S/C18H28N2O/c1-4-16-11-19-18(2,15-9-10-15)13-20(16)12-14-7-5-6-8-17(14)21-3/h5-8,15-16,19H,4,9-13H2,1-3H3. The quantitative estimate of drug-likeness (QED) is 0.901. The number of piperazine rings is 1. The van der Waals surface area contributed by atoms with E-state index in [1.807, 2.05) is 6.07 Å². The lowest BCUT2D eigenvalue weighted by Gasteiger charge is -2.46. The second kappa shape index (κ2) is 5.98. The lowest BCUT2D eigenvalue weighted by Crippen LogP contribution is -2.63. The Hall–Kier alpha value is -1.06. The monoisotopic (exact) mass is 288 g/mol. The summed E-state index contributed by atoms with van der Waals surface area (Å²) in [6, 6.07) is 9.05. The molecule has 1 heterocycles. The molecule has 1 saturated carbocycles. The zero-order chi connectivity index (χ0) is 14.9. The van der Waals surface area contributed by atoms with Crippen LogP contribution in [0.5, 0.6) is 5.75 Å². The molecule has 3 heteroatoms. The van der Waals surface area contributed by atoms with Gasteiger partial charge in [0.25, 0.3) is 0 Å². The average Bonchev–Trinajstić information content (AvgIpc) is 3.33. The first kappa shape index (κ1) is 14.9. The first-order chi connectivity index (χ1) is 10.2. The van der Waals surface area contributed by atoms with E-state index in [4.69, 9.17) is 4.74 Å². The summed E-state index contributed by atoms with van der Waals surface area (Å²) in [5.74, 6) is 1.88. The van der Waals surface area contributed by atoms with Gasteiger partial charge in [-0.2, -0.15) is 0 Å². The van der Waals surface area contributed by atoms with Crippen LogP contribution in [0.2, 0.25) is 0 Å². The molecule has 2 fully saturated rings. The van der Waals surface area contributed by atoms with Gasteiger partial charge < -0.3 is 10.1 Å². The number of nitrogens with one attached hydrogen (secondary N) is 1. The Bertz CT molecular complexity index is 486. The van der Waals surface area contributed by atoms with Gasteiger partial charge >= 0.3 is 0 Å². The predicted molar refractivity (Wildman–Crippen MR) is 86.6 cm³/mol. The van der Waals surface area contributed by atoms with Gasteiger partial charge in [-0.3, -0.25) is 4.90 Å².